The molecule has 2 aromatic heterocycles. The highest BCUT2D eigenvalue weighted by atomic mass is 16.3. The summed E-state index contributed by atoms with van der Waals surface area (Å²) in [7, 11) is 0. The van der Waals surface area contributed by atoms with Gasteiger partial charge in [-0.3, -0.25) is 4.98 Å². The van der Waals surface area contributed by atoms with E-state index in [1.54, 1.807) is 29.3 Å². The molecule has 0 saturated heterocycles. The number of rotatable bonds is 4. The van der Waals surface area contributed by atoms with Crippen LogP contribution in [0.1, 0.15) is 42.6 Å². The quantitative estimate of drug-likeness (QED) is 0.799. The monoisotopic (exact) mass is 281 g/mol. The third-order valence-corrected chi connectivity index (χ3v) is 3.79. The summed E-state index contributed by atoms with van der Waals surface area (Å²) in [4.78, 5) is 4.09. The number of hydrogen-bond donors (Lipinski definition) is 1. The lowest BCUT2D eigenvalue weighted by Crippen LogP contribution is -2.02. The molecule has 2 heterocycles. The minimum Gasteiger partial charge on any atom is -0.388 e. The molecular weight excluding hydrogens is 262 g/mol. The third kappa shape index (κ3) is 2.81. The maximum absolute atomic E-state index is 10.5. The van der Waals surface area contributed by atoms with E-state index in [0.29, 0.717) is 12.3 Å². The Morgan fingerprint density at radius 3 is 2.62 bits per heavy atom. The maximum Gasteiger partial charge on any atom is 0.0903 e. The van der Waals surface area contributed by atoms with E-state index in [0.717, 1.165) is 16.6 Å². The maximum atomic E-state index is 10.5. The van der Waals surface area contributed by atoms with Crippen LogP contribution in [-0.4, -0.2) is 19.7 Å². The molecule has 3 rings (SSSR count). The zero-order valence-electron chi connectivity index (χ0n) is 12.3. The van der Waals surface area contributed by atoms with Crippen LogP contribution in [0.4, 0.5) is 0 Å². The first-order valence-corrected chi connectivity index (χ1v) is 7.19. The van der Waals surface area contributed by atoms with E-state index >= 15 is 0 Å². The lowest BCUT2D eigenvalue weighted by Gasteiger charge is -2.11. The van der Waals surface area contributed by atoms with Crippen molar-refractivity contribution in [1.82, 2.24) is 14.6 Å². The Morgan fingerprint density at radius 2 is 1.90 bits per heavy atom. The van der Waals surface area contributed by atoms with E-state index in [1.807, 2.05) is 0 Å². The number of aliphatic hydroxyl groups excluding tert-OH is 1. The van der Waals surface area contributed by atoms with Crippen LogP contribution < -0.4 is 0 Å². The number of aromatic nitrogens is 3. The summed E-state index contributed by atoms with van der Waals surface area (Å²) in [6.45, 7) is 4.35. The van der Waals surface area contributed by atoms with Gasteiger partial charge >= 0.3 is 0 Å². The molecule has 1 atom stereocenters. The Morgan fingerprint density at radius 1 is 1.14 bits per heavy atom. The van der Waals surface area contributed by atoms with Gasteiger partial charge in [-0.15, -0.1) is 0 Å². The van der Waals surface area contributed by atoms with Crippen LogP contribution in [0.5, 0.6) is 0 Å². The summed E-state index contributed by atoms with van der Waals surface area (Å²) >= 11 is 0. The Balaban J connectivity index is 1.81. The van der Waals surface area contributed by atoms with Gasteiger partial charge in [-0.25, -0.2) is 4.52 Å². The first-order valence-electron chi connectivity index (χ1n) is 7.19. The van der Waals surface area contributed by atoms with Gasteiger partial charge in [0.25, 0.3) is 0 Å². The van der Waals surface area contributed by atoms with Crippen molar-refractivity contribution in [3.05, 3.63) is 65.7 Å². The fraction of sp³-hybridized carbons (Fsp3) is 0.294. The molecule has 3 aromatic rings. The SMILES string of the molecule is CC(C)c1ccc(CC(O)c2cnn3ccncc23)cc1. The van der Waals surface area contributed by atoms with Gasteiger partial charge in [-0.2, -0.15) is 5.10 Å². The van der Waals surface area contributed by atoms with Crippen molar-refractivity contribution in [3.63, 3.8) is 0 Å². The topological polar surface area (TPSA) is 50.4 Å². The van der Waals surface area contributed by atoms with E-state index in [2.05, 4.69) is 48.2 Å². The molecule has 0 aliphatic rings. The standard InChI is InChI=1S/C17H19N3O/c1-12(2)14-5-3-13(4-6-14)9-17(21)15-10-19-20-8-7-18-11-16(15)20/h3-8,10-12,17,21H,9H2,1-2H3. The van der Waals surface area contributed by atoms with Crippen molar-refractivity contribution < 1.29 is 5.11 Å². The van der Waals surface area contributed by atoms with E-state index in [4.69, 9.17) is 0 Å². The highest BCUT2D eigenvalue weighted by molar-refractivity contribution is 5.52. The van der Waals surface area contributed by atoms with Crippen LogP contribution in [0.3, 0.4) is 0 Å². The number of benzene rings is 1. The van der Waals surface area contributed by atoms with Crippen molar-refractivity contribution in [2.45, 2.75) is 32.3 Å². The predicted molar refractivity (Wildman–Crippen MR) is 82.2 cm³/mol. The second-order valence-corrected chi connectivity index (χ2v) is 5.62. The van der Waals surface area contributed by atoms with Gasteiger partial charge in [0.05, 0.1) is 24.0 Å². The molecule has 1 N–H and O–H groups in total. The minimum atomic E-state index is -0.573. The van der Waals surface area contributed by atoms with Crippen LogP contribution in [0.25, 0.3) is 5.52 Å². The Bertz CT molecular complexity index is 731. The fourth-order valence-corrected chi connectivity index (χ4v) is 2.48. The molecule has 0 bridgehead atoms. The van der Waals surface area contributed by atoms with Gasteiger partial charge in [0, 0.05) is 24.4 Å². The molecule has 0 spiro atoms. The molecule has 0 saturated carbocycles. The number of hydrogen-bond acceptors (Lipinski definition) is 3. The van der Waals surface area contributed by atoms with Crippen LogP contribution in [0.15, 0.2) is 49.1 Å². The molecule has 0 amide bonds. The number of nitrogens with zero attached hydrogens (tertiary/aromatic N) is 3. The normalized spacial score (nSPS) is 13.0. The van der Waals surface area contributed by atoms with Crippen molar-refractivity contribution in [1.29, 1.82) is 0 Å². The predicted octanol–water partition coefficient (Wildman–Crippen LogP) is 3.13. The van der Waals surface area contributed by atoms with Crippen molar-refractivity contribution in [2.24, 2.45) is 0 Å². The lowest BCUT2D eigenvalue weighted by molar-refractivity contribution is 0.180. The Labute approximate surface area is 124 Å². The highest BCUT2D eigenvalue weighted by Crippen LogP contribution is 2.23. The summed E-state index contributed by atoms with van der Waals surface area (Å²) in [5.74, 6) is 0.523. The largest absolute Gasteiger partial charge is 0.388 e. The molecule has 1 unspecified atom stereocenters. The van der Waals surface area contributed by atoms with Gasteiger partial charge in [0.15, 0.2) is 0 Å². The lowest BCUT2D eigenvalue weighted by atomic mass is 9.98. The van der Waals surface area contributed by atoms with Crippen molar-refractivity contribution in [3.8, 4) is 0 Å². The zero-order chi connectivity index (χ0) is 14.8. The zero-order valence-corrected chi connectivity index (χ0v) is 12.3. The van der Waals surface area contributed by atoms with E-state index in [-0.39, 0.29) is 0 Å². The second-order valence-electron chi connectivity index (χ2n) is 5.62. The number of aliphatic hydroxyl groups is 1. The average molecular weight is 281 g/mol. The van der Waals surface area contributed by atoms with Crippen molar-refractivity contribution in [2.75, 3.05) is 0 Å². The van der Waals surface area contributed by atoms with Crippen LogP contribution >= 0.6 is 0 Å². The van der Waals surface area contributed by atoms with Gasteiger partial charge in [-0.05, 0) is 17.0 Å². The molecule has 4 nitrogen and oxygen atoms in total. The Hall–Kier alpha value is -2.20. The van der Waals surface area contributed by atoms with E-state index in [1.165, 1.54) is 5.56 Å². The molecular formula is C17H19N3O. The summed E-state index contributed by atoms with van der Waals surface area (Å²) in [5.41, 5.74) is 4.10. The summed E-state index contributed by atoms with van der Waals surface area (Å²) in [6.07, 6.45) is 6.91. The molecule has 1 aromatic carbocycles. The van der Waals surface area contributed by atoms with Gasteiger partial charge < -0.3 is 5.11 Å². The minimum absolute atomic E-state index is 0.523. The van der Waals surface area contributed by atoms with Crippen LogP contribution in [-0.2, 0) is 6.42 Å². The highest BCUT2D eigenvalue weighted by Gasteiger charge is 2.14. The molecule has 4 heteroatoms. The second kappa shape index (κ2) is 5.66. The summed E-state index contributed by atoms with van der Waals surface area (Å²) < 4.78 is 1.73. The smallest absolute Gasteiger partial charge is 0.0903 e. The van der Waals surface area contributed by atoms with E-state index in [9.17, 15) is 5.11 Å². The Kier molecular flexibility index (Phi) is 3.71. The molecule has 0 aliphatic heterocycles. The summed E-state index contributed by atoms with van der Waals surface area (Å²) in [6, 6.07) is 8.43. The van der Waals surface area contributed by atoms with E-state index < -0.39 is 6.10 Å². The van der Waals surface area contributed by atoms with Gasteiger partial charge in [0.1, 0.15) is 0 Å². The first-order chi connectivity index (χ1) is 10.1. The average Bonchev–Trinajstić information content (AvgIpc) is 2.92. The molecule has 0 fully saturated rings. The first kappa shape index (κ1) is 13.8. The van der Waals surface area contributed by atoms with Crippen LogP contribution in [0, 0.1) is 0 Å². The summed E-state index contributed by atoms with van der Waals surface area (Å²) in [5, 5.41) is 14.7. The molecule has 21 heavy (non-hydrogen) atoms. The molecule has 108 valence electrons. The van der Waals surface area contributed by atoms with Gasteiger partial charge in [0.2, 0.25) is 0 Å². The third-order valence-electron chi connectivity index (χ3n) is 3.79. The number of fused-ring (bicyclic) bond motifs is 1. The molecule has 0 aliphatic carbocycles. The fourth-order valence-electron chi connectivity index (χ4n) is 2.48. The van der Waals surface area contributed by atoms with Gasteiger partial charge in [-0.1, -0.05) is 38.1 Å². The molecule has 0 radical (unpaired) electrons. The van der Waals surface area contributed by atoms with Crippen LogP contribution in [0.2, 0.25) is 0 Å². The van der Waals surface area contributed by atoms with Crippen molar-refractivity contribution >= 4 is 5.52 Å².